The van der Waals surface area contributed by atoms with Crippen molar-refractivity contribution in [3.63, 3.8) is 0 Å². The topological polar surface area (TPSA) is 113 Å². The van der Waals surface area contributed by atoms with E-state index in [9.17, 15) is 14.4 Å². The highest BCUT2D eigenvalue weighted by Crippen LogP contribution is 2.13. The molecular weight excluding hydrogens is 274 g/mol. The van der Waals surface area contributed by atoms with Gasteiger partial charge in [-0.25, -0.2) is 4.79 Å². The van der Waals surface area contributed by atoms with Crippen LogP contribution in [-0.4, -0.2) is 43.0 Å². The Labute approximate surface area is 122 Å². The number of rotatable bonds is 7. The fraction of sp³-hybridized carbons (Fsp3) is 0.357. The molecule has 0 spiro atoms. The molecule has 0 aromatic heterocycles. The summed E-state index contributed by atoms with van der Waals surface area (Å²) in [7, 11) is 3.67. The number of hydrogen-bond donors (Lipinski definition) is 3. The van der Waals surface area contributed by atoms with Crippen molar-refractivity contribution in [3.05, 3.63) is 29.8 Å². The van der Waals surface area contributed by atoms with E-state index in [0.29, 0.717) is 5.56 Å². The van der Waals surface area contributed by atoms with Crippen molar-refractivity contribution in [1.29, 1.82) is 0 Å². The maximum atomic E-state index is 12.1. The van der Waals surface area contributed by atoms with Gasteiger partial charge >= 0.3 is 5.97 Å². The van der Waals surface area contributed by atoms with Crippen LogP contribution >= 0.6 is 0 Å². The third kappa shape index (κ3) is 5.13. The lowest BCUT2D eigenvalue weighted by Gasteiger charge is -2.16. The Kier molecular flexibility index (Phi) is 5.71. The maximum Gasteiger partial charge on any atom is 0.326 e. The highest BCUT2D eigenvalue weighted by Gasteiger charge is 2.21. The summed E-state index contributed by atoms with van der Waals surface area (Å²) in [5.41, 5.74) is 6.16. The molecule has 1 aromatic carbocycles. The van der Waals surface area contributed by atoms with Crippen molar-refractivity contribution in [2.45, 2.75) is 18.9 Å². The lowest BCUT2D eigenvalue weighted by Crippen LogP contribution is -2.41. The third-order valence-electron chi connectivity index (χ3n) is 2.91. The Hall–Kier alpha value is -2.57. The second-order valence-electron chi connectivity index (χ2n) is 4.81. The largest absolute Gasteiger partial charge is 0.480 e. The number of hydrogen-bond acceptors (Lipinski definition) is 4. The van der Waals surface area contributed by atoms with Gasteiger partial charge in [-0.2, -0.15) is 0 Å². The van der Waals surface area contributed by atoms with Gasteiger partial charge in [-0.05, 0) is 24.6 Å². The molecule has 21 heavy (non-hydrogen) atoms. The summed E-state index contributed by atoms with van der Waals surface area (Å²) in [5.74, 6) is -2.31. The zero-order valence-electron chi connectivity index (χ0n) is 12.0. The molecule has 4 N–H and O–H groups in total. The summed E-state index contributed by atoms with van der Waals surface area (Å²) < 4.78 is 0. The molecule has 0 bridgehead atoms. The molecule has 2 amide bonds. The van der Waals surface area contributed by atoms with E-state index in [1.807, 2.05) is 25.1 Å². The quantitative estimate of drug-likeness (QED) is 0.664. The van der Waals surface area contributed by atoms with E-state index in [1.165, 1.54) is 0 Å². The second-order valence-corrected chi connectivity index (χ2v) is 4.81. The molecule has 7 heteroatoms. The predicted octanol–water partition coefficient (Wildman–Crippen LogP) is 0.201. The van der Waals surface area contributed by atoms with E-state index in [-0.39, 0.29) is 12.8 Å². The Morgan fingerprint density at radius 3 is 2.52 bits per heavy atom. The first-order valence-electron chi connectivity index (χ1n) is 6.40. The molecule has 0 unspecified atom stereocenters. The highest BCUT2D eigenvalue weighted by molar-refractivity contribution is 5.97. The smallest absolute Gasteiger partial charge is 0.326 e. The van der Waals surface area contributed by atoms with Crippen LogP contribution in [0.3, 0.4) is 0 Å². The van der Waals surface area contributed by atoms with Crippen LogP contribution in [-0.2, 0) is 9.59 Å². The first-order valence-corrected chi connectivity index (χ1v) is 6.40. The van der Waals surface area contributed by atoms with Crippen molar-refractivity contribution < 1.29 is 19.5 Å². The minimum Gasteiger partial charge on any atom is -0.480 e. The lowest BCUT2D eigenvalue weighted by atomic mass is 10.1. The van der Waals surface area contributed by atoms with Crippen molar-refractivity contribution in [2.75, 3.05) is 19.0 Å². The van der Waals surface area contributed by atoms with Crippen LogP contribution in [0.2, 0.25) is 0 Å². The van der Waals surface area contributed by atoms with Crippen LogP contribution in [0, 0.1) is 0 Å². The zero-order valence-corrected chi connectivity index (χ0v) is 12.0. The normalized spacial score (nSPS) is 11.5. The van der Waals surface area contributed by atoms with Crippen LogP contribution in [0.25, 0.3) is 0 Å². The number of aliphatic carboxylic acids is 1. The van der Waals surface area contributed by atoms with Crippen molar-refractivity contribution in [2.24, 2.45) is 5.73 Å². The Morgan fingerprint density at radius 1 is 1.33 bits per heavy atom. The van der Waals surface area contributed by atoms with E-state index < -0.39 is 23.8 Å². The summed E-state index contributed by atoms with van der Waals surface area (Å²) in [5, 5.41) is 11.4. The molecule has 0 aliphatic rings. The van der Waals surface area contributed by atoms with Gasteiger partial charge in [-0.3, -0.25) is 9.59 Å². The minimum atomic E-state index is -1.20. The van der Waals surface area contributed by atoms with Crippen LogP contribution in [0.4, 0.5) is 5.69 Å². The van der Waals surface area contributed by atoms with Crippen molar-refractivity contribution >= 4 is 23.5 Å². The van der Waals surface area contributed by atoms with Crippen molar-refractivity contribution in [3.8, 4) is 0 Å². The number of nitrogens with two attached hydrogens (primary N) is 1. The minimum absolute atomic E-state index is 0.0379. The van der Waals surface area contributed by atoms with Crippen LogP contribution in [0.1, 0.15) is 23.2 Å². The molecule has 0 aliphatic heterocycles. The number of nitrogens with one attached hydrogen (secondary N) is 1. The van der Waals surface area contributed by atoms with Gasteiger partial charge in [-0.1, -0.05) is 6.07 Å². The number of anilines is 1. The van der Waals surface area contributed by atoms with Gasteiger partial charge in [0.05, 0.1) is 0 Å². The number of primary amides is 1. The van der Waals surface area contributed by atoms with Crippen molar-refractivity contribution in [1.82, 2.24) is 5.32 Å². The number of amides is 2. The molecule has 0 saturated heterocycles. The lowest BCUT2D eigenvalue weighted by molar-refractivity contribution is -0.139. The Balaban J connectivity index is 2.79. The predicted molar refractivity (Wildman–Crippen MR) is 78.1 cm³/mol. The molecule has 0 radical (unpaired) electrons. The summed E-state index contributed by atoms with van der Waals surface area (Å²) in [6, 6.07) is 5.65. The van der Waals surface area contributed by atoms with Gasteiger partial charge in [0, 0.05) is 31.8 Å². The standard InChI is InChI=1S/C14H19N3O4/c1-17(2)10-5-3-4-9(8-10)13(19)16-11(14(20)21)6-7-12(15)18/h3-5,8,11H,6-7H2,1-2H3,(H2,15,18)(H,16,19)(H,20,21)/t11-/m1/s1. The summed E-state index contributed by atoms with van der Waals surface area (Å²) in [4.78, 5) is 35.7. The van der Waals surface area contributed by atoms with Crippen LogP contribution < -0.4 is 16.0 Å². The summed E-state index contributed by atoms with van der Waals surface area (Å²) in [6.07, 6.45) is -0.140. The van der Waals surface area contributed by atoms with Gasteiger partial charge < -0.3 is 21.1 Å². The molecule has 7 nitrogen and oxygen atoms in total. The van der Waals surface area contributed by atoms with E-state index >= 15 is 0 Å². The van der Waals surface area contributed by atoms with Gasteiger partial charge in [-0.15, -0.1) is 0 Å². The average molecular weight is 293 g/mol. The fourth-order valence-electron chi connectivity index (χ4n) is 1.71. The molecule has 114 valence electrons. The number of carboxylic acids is 1. The Morgan fingerprint density at radius 2 is 2.00 bits per heavy atom. The number of carbonyl (C=O) groups is 3. The summed E-state index contributed by atoms with van der Waals surface area (Å²) in [6.45, 7) is 0. The first-order chi connectivity index (χ1) is 9.81. The van der Waals surface area contributed by atoms with Gasteiger partial charge in [0.2, 0.25) is 5.91 Å². The fourth-order valence-corrected chi connectivity index (χ4v) is 1.71. The van der Waals surface area contributed by atoms with Gasteiger partial charge in [0.25, 0.3) is 5.91 Å². The van der Waals surface area contributed by atoms with Crippen LogP contribution in [0.15, 0.2) is 24.3 Å². The van der Waals surface area contributed by atoms with E-state index in [1.54, 1.807) is 18.2 Å². The molecule has 1 aromatic rings. The molecule has 0 aliphatic carbocycles. The molecule has 1 rings (SSSR count). The van der Waals surface area contributed by atoms with Crippen LogP contribution in [0.5, 0.6) is 0 Å². The molecule has 0 heterocycles. The number of carbonyl (C=O) groups excluding carboxylic acids is 2. The third-order valence-corrected chi connectivity index (χ3v) is 2.91. The average Bonchev–Trinajstić information content (AvgIpc) is 2.42. The van der Waals surface area contributed by atoms with E-state index in [2.05, 4.69) is 5.32 Å². The Bertz CT molecular complexity index is 543. The van der Waals surface area contributed by atoms with Gasteiger partial charge in [0.15, 0.2) is 0 Å². The molecule has 0 saturated carbocycles. The number of carboxylic acid groups (broad SMARTS) is 1. The number of benzene rings is 1. The second kappa shape index (κ2) is 7.28. The monoisotopic (exact) mass is 293 g/mol. The highest BCUT2D eigenvalue weighted by atomic mass is 16.4. The maximum absolute atomic E-state index is 12.1. The molecule has 1 atom stereocenters. The van der Waals surface area contributed by atoms with E-state index in [0.717, 1.165) is 5.69 Å². The zero-order chi connectivity index (χ0) is 16.0. The first kappa shape index (κ1) is 16.5. The molecular formula is C14H19N3O4. The van der Waals surface area contributed by atoms with Gasteiger partial charge in [0.1, 0.15) is 6.04 Å². The molecule has 0 fully saturated rings. The summed E-state index contributed by atoms with van der Waals surface area (Å²) >= 11 is 0. The van der Waals surface area contributed by atoms with E-state index in [4.69, 9.17) is 10.8 Å². The SMILES string of the molecule is CN(C)c1cccc(C(=O)N[C@H](CCC(N)=O)C(=O)O)c1. The number of nitrogens with zero attached hydrogens (tertiary/aromatic N) is 1.